The molecule has 0 aromatic heterocycles. The summed E-state index contributed by atoms with van der Waals surface area (Å²) in [6, 6.07) is 9.92. The van der Waals surface area contributed by atoms with Crippen molar-refractivity contribution in [1.82, 2.24) is 4.90 Å². The largest absolute Gasteiger partial charge is 0.341 e. The lowest BCUT2D eigenvalue weighted by molar-refractivity contribution is -0.130. The number of hydrogen-bond acceptors (Lipinski definition) is 2. The number of rotatable bonds is 3. The van der Waals surface area contributed by atoms with Crippen LogP contribution in [-0.4, -0.2) is 23.9 Å². The average Bonchev–Trinajstić information content (AvgIpc) is 2.56. The lowest BCUT2D eigenvalue weighted by atomic mass is 10.1. The fourth-order valence-corrected chi connectivity index (χ4v) is 2.27. The number of carbonyl (C=O) groups excluding carboxylic acids is 1. The number of nitrogens with two attached hydrogens (primary N) is 1. The molecule has 92 valence electrons. The van der Waals surface area contributed by atoms with E-state index in [1.165, 1.54) is 0 Å². The molecule has 1 saturated heterocycles. The Labute approximate surface area is 103 Å². The summed E-state index contributed by atoms with van der Waals surface area (Å²) in [5.74, 6) is 0.258. The molecule has 2 N–H and O–H groups in total. The molecular weight excluding hydrogens is 212 g/mol. The highest BCUT2D eigenvalue weighted by Crippen LogP contribution is 2.16. The molecule has 0 saturated carbocycles. The number of benzene rings is 1. The van der Waals surface area contributed by atoms with Crippen LogP contribution in [0.5, 0.6) is 0 Å². The number of amides is 1. The fraction of sp³-hybridized carbons (Fsp3) is 0.500. The van der Waals surface area contributed by atoms with Crippen LogP contribution in [0, 0.1) is 0 Å². The topological polar surface area (TPSA) is 46.3 Å². The van der Waals surface area contributed by atoms with Gasteiger partial charge in [-0.05, 0) is 18.4 Å². The van der Waals surface area contributed by atoms with E-state index in [1.54, 1.807) is 0 Å². The maximum Gasteiger partial charge on any atom is 0.222 e. The van der Waals surface area contributed by atoms with Crippen LogP contribution < -0.4 is 5.73 Å². The van der Waals surface area contributed by atoms with Crippen molar-refractivity contribution < 1.29 is 4.79 Å². The van der Waals surface area contributed by atoms with Gasteiger partial charge in [0.2, 0.25) is 5.91 Å². The SMILES string of the molecule is N[C@H](CN1CCCCCC1=O)c1ccccc1. The van der Waals surface area contributed by atoms with Gasteiger partial charge in [-0.25, -0.2) is 0 Å². The molecule has 1 amide bonds. The predicted molar refractivity (Wildman–Crippen MR) is 68.4 cm³/mol. The third-order valence-corrected chi connectivity index (χ3v) is 3.32. The van der Waals surface area contributed by atoms with Crippen LogP contribution in [-0.2, 0) is 4.79 Å². The maximum atomic E-state index is 11.9. The molecule has 1 fully saturated rings. The Morgan fingerprint density at radius 3 is 2.71 bits per heavy atom. The highest BCUT2D eigenvalue weighted by atomic mass is 16.2. The van der Waals surface area contributed by atoms with E-state index in [-0.39, 0.29) is 11.9 Å². The van der Waals surface area contributed by atoms with Crippen molar-refractivity contribution in [2.75, 3.05) is 13.1 Å². The van der Waals surface area contributed by atoms with Gasteiger partial charge in [0.25, 0.3) is 0 Å². The van der Waals surface area contributed by atoms with E-state index in [2.05, 4.69) is 0 Å². The Kier molecular flexibility index (Phi) is 4.15. The van der Waals surface area contributed by atoms with Gasteiger partial charge in [-0.2, -0.15) is 0 Å². The molecule has 17 heavy (non-hydrogen) atoms. The Morgan fingerprint density at radius 2 is 1.94 bits per heavy atom. The maximum absolute atomic E-state index is 11.9. The van der Waals surface area contributed by atoms with Crippen LogP contribution >= 0.6 is 0 Å². The van der Waals surface area contributed by atoms with Gasteiger partial charge in [0.15, 0.2) is 0 Å². The molecule has 3 nitrogen and oxygen atoms in total. The van der Waals surface area contributed by atoms with E-state index in [4.69, 9.17) is 5.73 Å². The molecule has 1 atom stereocenters. The second-order valence-electron chi connectivity index (χ2n) is 4.67. The highest BCUT2D eigenvalue weighted by Gasteiger charge is 2.19. The summed E-state index contributed by atoms with van der Waals surface area (Å²) in [4.78, 5) is 13.8. The average molecular weight is 232 g/mol. The molecule has 1 aliphatic rings. The third-order valence-electron chi connectivity index (χ3n) is 3.32. The van der Waals surface area contributed by atoms with Gasteiger partial charge in [-0.15, -0.1) is 0 Å². The van der Waals surface area contributed by atoms with Gasteiger partial charge in [-0.1, -0.05) is 36.8 Å². The number of hydrogen-bond donors (Lipinski definition) is 1. The smallest absolute Gasteiger partial charge is 0.222 e. The molecule has 0 spiro atoms. The van der Waals surface area contributed by atoms with Crippen LogP contribution in [0.2, 0.25) is 0 Å². The van der Waals surface area contributed by atoms with Crippen LogP contribution in [0.25, 0.3) is 0 Å². The molecule has 0 radical (unpaired) electrons. The van der Waals surface area contributed by atoms with Crippen molar-refractivity contribution >= 4 is 5.91 Å². The van der Waals surface area contributed by atoms with Crippen molar-refractivity contribution in [3.63, 3.8) is 0 Å². The van der Waals surface area contributed by atoms with Crippen LogP contribution in [0.4, 0.5) is 0 Å². The minimum absolute atomic E-state index is 0.0711. The van der Waals surface area contributed by atoms with E-state index >= 15 is 0 Å². The van der Waals surface area contributed by atoms with Gasteiger partial charge in [-0.3, -0.25) is 4.79 Å². The van der Waals surface area contributed by atoms with E-state index in [9.17, 15) is 4.79 Å². The predicted octanol–water partition coefficient (Wildman–Crippen LogP) is 2.09. The molecule has 1 heterocycles. The molecule has 3 heteroatoms. The molecule has 0 aliphatic carbocycles. The summed E-state index contributed by atoms with van der Waals surface area (Å²) < 4.78 is 0. The zero-order valence-electron chi connectivity index (χ0n) is 10.1. The Morgan fingerprint density at radius 1 is 1.18 bits per heavy atom. The summed E-state index contributed by atoms with van der Waals surface area (Å²) in [5.41, 5.74) is 7.25. The number of carbonyl (C=O) groups is 1. The highest BCUT2D eigenvalue weighted by molar-refractivity contribution is 5.76. The van der Waals surface area contributed by atoms with Crippen molar-refractivity contribution in [3.8, 4) is 0 Å². The van der Waals surface area contributed by atoms with E-state index < -0.39 is 0 Å². The quantitative estimate of drug-likeness (QED) is 0.867. The molecule has 1 aromatic carbocycles. The third kappa shape index (κ3) is 3.30. The molecular formula is C14H20N2O. The molecule has 2 rings (SSSR count). The summed E-state index contributed by atoms with van der Waals surface area (Å²) >= 11 is 0. The van der Waals surface area contributed by atoms with E-state index in [0.29, 0.717) is 13.0 Å². The molecule has 0 bridgehead atoms. The standard InChI is InChI=1S/C14H20N2O/c15-13(12-7-3-1-4-8-12)11-16-10-6-2-5-9-14(16)17/h1,3-4,7-8,13H,2,5-6,9-11,15H2/t13-/m1/s1. The van der Waals surface area contributed by atoms with E-state index in [1.807, 2.05) is 35.2 Å². The van der Waals surface area contributed by atoms with Crippen molar-refractivity contribution in [2.24, 2.45) is 5.73 Å². The summed E-state index contributed by atoms with van der Waals surface area (Å²) in [5, 5.41) is 0. The first-order valence-corrected chi connectivity index (χ1v) is 6.35. The zero-order valence-corrected chi connectivity index (χ0v) is 10.1. The van der Waals surface area contributed by atoms with Crippen LogP contribution in [0.15, 0.2) is 30.3 Å². The first-order valence-electron chi connectivity index (χ1n) is 6.35. The minimum Gasteiger partial charge on any atom is -0.341 e. The molecule has 0 unspecified atom stereocenters. The monoisotopic (exact) mass is 232 g/mol. The summed E-state index contributed by atoms with van der Waals surface area (Å²) in [6.45, 7) is 1.50. The van der Waals surface area contributed by atoms with Gasteiger partial charge in [0.1, 0.15) is 0 Å². The van der Waals surface area contributed by atoms with Gasteiger partial charge in [0, 0.05) is 25.6 Å². The summed E-state index contributed by atoms with van der Waals surface area (Å²) in [7, 11) is 0. The second-order valence-corrected chi connectivity index (χ2v) is 4.67. The van der Waals surface area contributed by atoms with Crippen molar-refractivity contribution in [2.45, 2.75) is 31.7 Å². The van der Waals surface area contributed by atoms with Gasteiger partial charge in [0.05, 0.1) is 0 Å². The molecule has 1 aromatic rings. The van der Waals surface area contributed by atoms with Gasteiger partial charge >= 0.3 is 0 Å². The fourth-order valence-electron chi connectivity index (χ4n) is 2.27. The lowest BCUT2D eigenvalue weighted by Crippen LogP contribution is -2.36. The number of likely N-dealkylation sites (tertiary alicyclic amines) is 1. The lowest BCUT2D eigenvalue weighted by Gasteiger charge is -2.24. The summed E-state index contributed by atoms with van der Waals surface area (Å²) in [6.07, 6.45) is 3.97. The Hall–Kier alpha value is -1.35. The van der Waals surface area contributed by atoms with Crippen molar-refractivity contribution in [3.05, 3.63) is 35.9 Å². The normalized spacial score (nSPS) is 18.9. The molecule has 1 aliphatic heterocycles. The Balaban J connectivity index is 1.97. The first-order chi connectivity index (χ1) is 8.27. The van der Waals surface area contributed by atoms with E-state index in [0.717, 1.165) is 31.4 Å². The zero-order chi connectivity index (χ0) is 12.1. The Bertz CT molecular complexity index is 364. The second kappa shape index (κ2) is 5.82. The van der Waals surface area contributed by atoms with Crippen LogP contribution in [0.3, 0.4) is 0 Å². The van der Waals surface area contributed by atoms with Crippen LogP contribution in [0.1, 0.15) is 37.3 Å². The van der Waals surface area contributed by atoms with Gasteiger partial charge < -0.3 is 10.6 Å². The first kappa shape index (κ1) is 12.1. The number of nitrogens with zero attached hydrogens (tertiary/aromatic N) is 1. The van der Waals surface area contributed by atoms with Crippen molar-refractivity contribution in [1.29, 1.82) is 0 Å². The minimum atomic E-state index is -0.0711.